The Morgan fingerprint density at radius 2 is 1.63 bits per heavy atom. The van der Waals surface area contributed by atoms with Gasteiger partial charge in [0.1, 0.15) is 0 Å². The van der Waals surface area contributed by atoms with Gasteiger partial charge in [-0.2, -0.15) is 0 Å². The number of aryl methyl sites for hydroxylation is 1. The number of benzene rings is 2. The summed E-state index contributed by atoms with van der Waals surface area (Å²) in [5.74, 6) is -0.00898. The minimum absolute atomic E-state index is 0.00898. The Hall–Kier alpha value is -1.52. The quantitative estimate of drug-likeness (QED) is 0.882. The van der Waals surface area contributed by atoms with Crippen molar-refractivity contribution in [1.82, 2.24) is 0 Å². The second-order valence-electron chi connectivity index (χ2n) is 4.20. The highest BCUT2D eigenvalue weighted by Crippen LogP contribution is 2.23. The van der Waals surface area contributed by atoms with E-state index in [-0.39, 0.29) is 15.7 Å². The van der Waals surface area contributed by atoms with Crippen LogP contribution < -0.4 is 5.73 Å². The normalized spacial score (nSPS) is 11.4. The smallest absolute Gasteiger partial charge is 0.180 e. The van der Waals surface area contributed by atoms with Crippen molar-refractivity contribution in [3.63, 3.8) is 0 Å². The SMILES string of the molecule is Nc1ccccc1CCS(=O)(=O)c1ccccc1Cl. The van der Waals surface area contributed by atoms with Gasteiger partial charge in [0, 0.05) is 5.69 Å². The lowest BCUT2D eigenvalue weighted by Crippen LogP contribution is -2.10. The number of sulfone groups is 1. The Kier molecular flexibility index (Phi) is 4.12. The lowest BCUT2D eigenvalue weighted by Gasteiger charge is -2.08. The second kappa shape index (κ2) is 5.63. The highest BCUT2D eigenvalue weighted by molar-refractivity contribution is 7.91. The average Bonchev–Trinajstić information content (AvgIpc) is 2.38. The van der Waals surface area contributed by atoms with Gasteiger partial charge in [-0.05, 0) is 30.2 Å². The van der Waals surface area contributed by atoms with Crippen LogP contribution in [0, 0.1) is 0 Å². The molecule has 0 heterocycles. The van der Waals surface area contributed by atoms with E-state index in [2.05, 4.69) is 0 Å². The number of rotatable bonds is 4. The molecule has 0 radical (unpaired) electrons. The summed E-state index contributed by atoms with van der Waals surface area (Å²) in [5, 5.41) is 0.253. The van der Waals surface area contributed by atoms with Gasteiger partial charge >= 0.3 is 0 Å². The van der Waals surface area contributed by atoms with Crippen molar-refractivity contribution in [2.45, 2.75) is 11.3 Å². The molecule has 2 N–H and O–H groups in total. The van der Waals surface area contributed by atoms with Crippen molar-refractivity contribution in [3.8, 4) is 0 Å². The second-order valence-corrected chi connectivity index (χ2v) is 6.68. The van der Waals surface area contributed by atoms with Gasteiger partial charge in [0.2, 0.25) is 0 Å². The van der Waals surface area contributed by atoms with E-state index < -0.39 is 9.84 Å². The number of nitrogens with two attached hydrogens (primary N) is 1. The lowest BCUT2D eigenvalue weighted by atomic mass is 10.1. The number of halogens is 1. The van der Waals surface area contributed by atoms with Crippen molar-refractivity contribution < 1.29 is 8.42 Å². The summed E-state index contributed by atoms with van der Waals surface area (Å²) in [7, 11) is -3.39. The monoisotopic (exact) mass is 295 g/mol. The maximum absolute atomic E-state index is 12.2. The van der Waals surface area contributed by atoms with E-state index in [1.807, 2.05) is 18.2 Å². The van der Waals surface area contributed by atoms with E-state index in [0.717, 1.165) is 5.56 Å². The van der Waals surface area contributed by atoms with E-state index in [1.54, 1.807) is 24.3 Å². The predicted molar refractivity (Wildman–Crippen MR) is 78.1 cm³/mol. The molecule has 2 aromatic rings. The van der Waals surface area contributed by atoms with Crippen LogP contribution >= 0.6 is 11.6 Å². The molecule has 0 saturated heterocycles. The molecule has 0 aliphatic rings. The molecular formula is C14H14ClNO2S. The Balaban J connectivity index is 2.20. The zero-order valence-electron chi connectivity index (χ0n) is 10.2. The third-order valence-electron chi connectivity index (χ3n) is 2.87. The molecule has 0 aliphatic heterocycles. The van der Waals surface area contributed by atoms with Crippen LogP contribution in [-0.2, 0) is 16.3 Å². The Bertz CT molecular complexity index is 683. The van der Waals surface area contributed by atoms with E-state index in [4.69, 9.17) is 17.3 Å². The predicted octanol–water partition coefficient (Wildman–Crippen LogP) is 2.94. The van der Waals surface area contributed by atoms with Crippen LogP contribution in [0.25, 0.3) is 0 Å². The molecule has 0 aromatic heterocycles. The van der Waals surface area contributed by atoms with Gasteiger partial charge in [-0.3, -0.25) is 0 Å². The molecule has 19 heavy (non-hydrogen) atoms. The molecule has 0 amide bonds. The van der Waals surface area contributed by atoms with Gasteiger partial charge in [-0.15, -0.1) is 0 Å². The summed E-state index contributed by atoms with van der Waals surface area (Å²) in [4.78, 5) is 0.172. The minimum Gasteiger partial charge on any atom is -0.399 e. The van der Waals surface area contributed by atoms with E-state index in [0.29, 0.717) is 12.1 Å². The fraction of sp³-hybridized carbons (Fsp3) is 0.143. The largest absolute Gasteiger partial charge is 0.399 e. The summed E-state index contributed by atoms with van der Waals surface area (Å²) in [5.41, 5.74) is 7.24. The third-order valence-corrected chi connectivity index (χ3v) is 5.08. The maximum atomic E-state index is 12.2. The minimum atomic E-state index is -3.39. The van der Waals surface area contributed by atoms with Gasteiger partial charge in [-0.1, -0.05) is 41.9 Å². The first kappa shape index (κ1) is 13.9. The first-order valence-electron chi connectivity index (χ1n) is 5.81. The highest BCUT2D eigenvalue weighted by atomic mass is 35.5. The van der Waals surface area contributed by atoms with Crippen molar-refractivity contribution in [2.24, 2.45) is 0 Å². The van der Waals surface area contributed by atoms with Crippen LogP contribution in [-0.4, -0.2) is 14.2 Å². The van der Waals surface area contributed by atoms with Crippen LogP contribution in [0.2, 0.25) is 5.02 Å². The van der Waals surface area contributed by atoms with Crippen LogP contribution in [0.5, 0.6) is 0 Å². The van der Waals surface area contributed by atoms with Crippen LogP contribution in [0.1, 0.15) is 5.56 Å². The Morgan fingerprint density at radius 1 is 1.00 bits per heavy atom. The summed E-state index contributed by atoms with van der Waals surface area (Å²) >= 11 is 5.92. The fourth-order valence-corrected chi connectivity index (χ4v) is 3.66. The molecule has 0 fully saturated rings. The number of para-hydroxylation sites is 1. The molecule has 3 nitrogen and oxygen atoms in total. The zero-order chi connectivity index (χ0) is 13.9. The molecule has 0 aliphatic carbocycles. The molecule has 0 unspecified atom stereocenters. The third kappa shape index (κ3) is 3.28. The average molecular weight is 296 g/mol. The Morgan fingerprint density at radius 3 is 2.32 bits per heavy atom. The van der Waals surface area contributed by atoms with Crippen molar-refractivity contribution in [3.05, 3.63) is 59.1 Å². The molecule has 2 aromatic carbocycles. The van der Waals surface area contributed by atoms with Gasteiger partial charge in [0.25, 0.3) is 0 Å². The molecular weight excluding hydrogens is 282 g/mol. The van der Waals surface area contributed by atoms with E-state index >= 15 is 0 Å². The van der Waals surface area contributed by atoms with Gasteiger partial charge in [-0.25, -0.2) is 8.42 Å². The van der Waals surface area contributed by atoms with Crippen LogP contribution in [0.3, 0.4) is 0 Å². The molecule has 0 bridgehead atoms. The molecule has 0 saturated carbocycles. The summed E-state index contributed by atoms with van der Waals surface area (Å²) in [6, 6.07) is 13.7. The molecule has 5 heteroatoms. The lowest BCUT2D eigenvalue weighted by molar-refractivity contribution is 0.595. The first-order valence-corrected chi connectivity index (χ1v) is 7.84. The van der Waals surface area contributed by atoms with Crippen molar-refractivity contribution in [2.75, 3.05) is 11.5 Å². The number of anilines is 1. The van der Waals surface area contributed by atoms with E-state index in [9.17, 15) is 8.42 Å². The summed E-state index contributed by atoms with van der Waals surface area (Å²) < 4.78 is 24.4. The molecule has 2 rings (SSSR count). The van der Waals surface area contributed by atoms with Gasteiger partial charge < -0.3 is 5.73 Å². The first-order chi connectivity index (χ1) is 9.00. The topological polar surface area (TPSA) is 60.2 Å². The van der Waals surface area contributed by atoms with Gasteiger partial charge in [0.15, 0.2) is 9.84 Å². The van der Waals surface area contributed by atoms with Gasteiger partial charge in [0.05, 0.1) is 15.7 Å². The summed E-state index contributed by atoms with van der Waals surface area (Å²) in [6.07, 6.45) is 0.375. The summed E-state index contributed by atoms with van der Waals surface area (Å²) in [6.45, 7) is 0. The number of hydrogen-bond donors (Lipinski definition) is 1. The van der Waals surface area contributed by atoms with Crippen molar-refractivity contribution >= 4 is 27.1 Å². The Labute approximate surface area is 117 Å². The van der Waals surface area contributed by atoms with Crippen LogP contribution in [0.4, 0.5) is 5.69 Å². The zero-order valence-corrected chi connectivity index (χ0v) is 11.8. The van der Waals surface area contributed by atoms with Crippen LogP contribution in [0.15, 0.2) is 53.4 Å². The maximum Gasteiger partial charge on any atom is 0.180 e. The fourth-order valence-electron chi connectivity index (χ4n) is 1.81. The van der Waals surface area contributed by atoms with Crippen molar-refractivity contribution in [1.29, 1.82) is 0 Å². The van der Waals surface area contributed by atoms with E-state index in [1.165, 1.54) is 6.07 Å². The molecule has 100 valence electrons. The molecule has 0 spiro atoms. The highest BCUT2D eigenvalue weighted by Gasteiger charge is 2.17. The standard InChI is InChI=1S/C14H14ClNO2S/c15-12-6-2-4-8-14(12)19(17,18)10-9-11-5-1-3-7-13(11)16/h1-8H,9-10,16H2. The number of hydrogen-bond acceptors (Lipinski definition) is 3. The number of nitrogen functional groups attached to an aromatic ring is 1. The molecule has 0 atom stereocenters.